The lowest BCUT2D eigenvalue weighted by atomic mass is 10.1. The van der Waals surface area contributed by atoms with Crippen molar-refractivity contribution < 1.29 is 14.6 Å². The van der Waals surface area contributed by atoms with Gasteiger partial charge >= 0.3 is 5.97 Å². The standard InChI is InChI=1S/C19H17ClN2O3S/c1-2-25-15-8-6-12(7-9-15)18-16(11-17(23)24)26-19(22-18)21-14-5-3-4-13(20)10-14/h3-10H,2,11H2,1H3,(H,21,22)(H,23,24). The lowest BCUT2D eigenvalue weighted by molar-refractivity contribution is -0.136. The van der Waals surface area contributed by atoms with E-state index in [2.05, 4.69) is 10.3 Å². The maximum atomic E-state index is 11.2. The minimum Gasteiger partial charge on any atom is -0.494 e. The molecule has 5 nitrogen and oxygen atoms in total. The van der Waals surface area contributed by atoms with Crippen LogP contribution in [0.5, 0.6) is 5.75 Å². The van der Waals surface area contributed by atoms with E-state index in [1.54, 1.807) is 12.1 Å². The summed E-state index contributed by atoms with van der Waals surface area (Å²) in [5.74, 6) is -0.126. The van der Waals surface area contributed by atoms with Crippen LogP contribution in [0.15, 0.2) is 48.5 Å². The summed E-state index contributed by atoms with van der Waals surface area (Å²) in [5, 5.41) is 13.6. The van der Waals surface area contributed by atoms with E-state index < -0.39 is 5.97 Å². The van der Waals surface area contributed by atoms with Gasteiger partial charge in [-0.3, -0.25) is 4.79 Å². The Morgan fingerprint density at radius 3 is 2.69 bits per heavy atom. The molecule has 0 fully saturated rings. The van der Waals surface area contributed by atoms with Gasteiger partial charge in [-0.2, -0.15) is 0 Å². The number of aliphatic carboxylic acids is 1. The van der Waals surface area contributed by atoms with Crippen LogP contribution in [0.25, 0.3) is 11.3 Å². The molecule has 0 aliphatic carbocycles. The second-order valence-corrected chi connectivity index (χ2v) is 6.97. The second kappa shape index (κ2) is 8.21. The first-order chi connectivity index (χ1) is 12.5. The van der Waals surface area contributed by atoms with Gasteiger partial charge in [0.05, 0.1) is 18.7 Å². The number of nitrogens with zero attached hydrogens (tertiary/aromatic N) is 1. The van der Waals surface area contributed by atoms with E-state index in [0.717, 1.165) is 17.0 Å². The summed E-state index contributed by atoms with van der Waals surface area (Å²) >= 11 is 7.33. The average Bonchev–Trinajstić information content (AvgIpc) is 2.97. The Labute approximate surface area is 160 Å². The number of hydrogen-bond acceptors (Lipinski definition) is 5. The minimum atomic E-state index is -0.893. The van der Waals surface area contributed by atoms with Crippen molar-refractivity contribution in [2.24, 2.45) is 0 Å². The zero-order valence-corrected chi connectivity index (χ0v) is 15.6. The normalized spacial score (nSPS) is 10.5. The van der Waals surface area contributed by atoms with Crippen LogP contribution in [-0.2, 0) is 11.2 Å². The summed E-state index contributed by atoms with van der Waals surface area (Å²) in [5.41, 5.74) is 2.30. The molecule has 0 saturated heterocycles. The highest BCUT2D eigenvalue weighted by atomic mass is 35.5. The third-order valence-electron chi connectivity index (χ3n) is 3.52. The highest BCUT2D eigenvalue weighted by Gasteiger charge is 2.16. The molecule has 7 heteroatoms. The predicted octanol–water partition coefficient (Wildman–Crippen LogP) is 5.23. The van der Waals surface area contributed by atoms with E-state index in [-0.39, 0.29) is 6.42 Å². The highest BCUT2D eigenvalue weighted by molar-refractivity contribution is 7.16. The van der Waals surface area contributed by atoms with Crippen molar-refractivity contribution in [2.75, 3.05) is 11.9 Å². The molecule has 0 radical (unpaired) electrons. The topological polar surface area (TPSA) is 71.5 Å². The zero-order valence-electron chi connectivity index (χ0n) is 14.0. The molecule has 0 saturated carbocycles. The van der Waals surface area contributed by atoms with Gasteiger partial charge in [0, 0.05) is 21.2 Å². The van der Waals surface area contributed by atoms with Crippen LogP contribution in [0.3, 0.4) is 0 Å². The average molecular weight is 389 g/mol. The third-order valence-corrected chi connectivity index (χ3v) is 4.73. The minimum absolute atomic E-state index is 0.0859. The van der Waals surface area contributed by atoms with Gasteiger partial charge in [0.2, 0.25) is 0 Å². The lowest BCUT2D eigenvalue weighted by Crippen LogP contribution is -1.99. The Morgan fingerprint density at radius 2 is 2.04 bits per heavy atom. The third kappa shape index (κ3) is 4.53. The molecule has 0 aliphatic heterocycles. The largest absolute Gasteiger partial charge is 0.494 e. The van der Waals surface area contributed by atoms with Crippen molar-refractivity contribution in [2.45, 2.75) is 13.3 Å². The Morgan fingerprint density at radius 1 is 1.27 bits per heavy atom. The van der Waals surface area contributed by atoms with Crippen LogP contribution in [0.2, 0.25) is 5.02 Å². The quantitative estimate of drug-likeness (QED) is 0.579. The first-order valence-electron chi connectivity index (χ1n) is 8.02. The van der Waals surface area contributed by atoms with Gasteiger partial charge < -0.3 is 15.2 Å². The van der Waals surface area contributed by atoms with Crippen molar-refractivity contribution in [1.82, 2.24) is 4.98 Å². The maximum absolute atomic E-state index is 11.2. The first kappa shape index (κ1) is 18.2. The van der Waals surface area contributed by atoms with Crippen molar-refractivity contribution in [3.8, 4) is 17.0 Å². The van der Waals surface area contributed by atoms with Crippen molar-refractivity contribution >= 4 is 39.7 Å². The number of hydrogen-bond donors (Lipinski definition) is 2. The molecular formula is C19H17ClN2O3S. The van der Waals surface area contributed by atoms with E-state index >= 15 is 0 Å². The van der Waals surface area contributed by atoms with Crippen LogP contribution >= 0.6 is 22.9 Å². The fourth-order valence-corrected chi connectivity index (χ4v) is 3.64. The fourth-order valence-electron chi connectivity index (χ4n) is 2.45. The van der Waals surface area contributed by atoms with Crippen LogP contribution in [0, 0.1) is 0 Å². The number of benzene rings is 2. The molecule has 2 aromatic carbocycles. The number of carboxylic acids is 1. The molecule has 0 amide bonds. The molecule has 0 aliphatic rings. The van der Waals surface area contributed by atoms with E-state index in [1.165, 1.54) is 11.3 Å². The summed E-state index contributed by atoms with van der Waals surface area (Å²) in [4.78, 5) is 16.5. The molecule has 26 heavy (non-hydrogen) atoms. The maximum Gasteiger partial charge on any atom is 0.308 e. The molecular weight excluding hydrogens is 372 g/mol. The van der Waals surface area contributed by atoms with E-state index in [9.17, 15) is 9.90 Å². The molecule has 0 atom stereocenters. The predicted molar refractivity (Wildman–Crippen MR) is 105 cm³/mol. The molecule has 1 heterocycles. The fraction of sp³-hybridized carbons (Fsp3) is 0.158. The van der Waals surface area contributed by atoms with Crippen molar-refractivity contribution in [3.63, 3.8) is 0 Å². The van der Waals surface area contributed by atoms with Crippen LogP contribution in [-0.4, -0.2) is 22.7 Å². The molecule has 0 bridgehead atoms. The molecule has 3 aromatic rings. The van der Waals surface area contributed by atoms with E-state index in [4.69, 9.17) is 16.3 Å². The number of rotatable bonds is 7. The molecule has 0 spiro atoms. The molecule has 134 valence electrons. The van der Waals surface area contributed by atoms with Gasteiger partial charge in [0.15, 0.2) is 5.13 Å². The molecule has 3 rings (SSSR count). The van der Waals surface area contributed by atoms with Crippen LogP contribution < -0.4 is 10.1 Å². The number of thiazole rings is 1. The number of ether oxygens (including phenoxy) is 1. The highest BCUT2D eigenvalue weighted by Crippen LogP contribution is 2.34. The zero-order chi connectivity index (χ0) is 18.5. The number of halogens is 1. The number of aromatic nitrogens is 1. The van der Waals surface area contributed by atoms with Crippen molar-refractivity contribution in [1.29, 1.82) is 0 Å². The monoisotopic (exact) mass is 388 g/mol. The van der Waals surface area contributed by atoms with Crippen LogP contribution in [0.4, 0.5) is 10.8 Å². The smallest absolute Gasteiger partial charge is 0.308 e. The summed E-state index contributed by atoms with van der Waals surface area (Å²) in [7, 11) is 0. The summed E-state index contributed by atoms with van der Waals surface area (Å²) in [6, 6.07) is 14.8. The number of carboxylic acid groups (broad SMARTS) is 1. The Kier molecular flexibility index (Phi) is 5.75. The SMILES string of the molecule is CCOc1ccc(-c2nc(Nc3cccc(Cl)c3)sc2CC(=O)O)cc1. The summed E-state index contributed by atoms with van der Waals surface area (Å²) in [6.45, 7) is 2.51. The van der Waals surface area contributed by atoms with Gasteiger partial charge in [-0.25, -0.2) is 4.98 Å². The first-order valence-corrected chi connectivity index (χ1v) is 9.22. The van der Waals surface area contributed by atoms with Gasteiger partial charge in [0.1, 0.15) is 5.75 Å². The number of carbonyl (C=O) groups is 1. The molecule has 1 aromatic heterocycles. The van der Waals surface area contributed by atoms with Gasteiger partial charge in [-0.15, -0.1) is 11.3 Å². The Balaban J connectivity index is 1.92. The second-order valence-electron chi connectivity index (χ2n) is 5.45. The molecule has 0 unspecified atom stereocenters. The van der Waals surface area contributed by atoms with Crippen LogP contribution in [0.1, 0.15) is 11.8 Å². The van der Waals surface area contributed by atoms with Gasteiger partial charge in [-0.1, -0.05) is 17.7 Å². The van der Waals surface area contributed by atoms with Crippen molar-refractivity contribution in [3.05, 3.63) is 58.4 Å². The molecule has 2 N–H and O–H groups in total. The number of nitrogens with one attached hydrogen (secondary N) is 1. The van der Waals surface area contributed by atoms with E-state index in [0.29, 0.717) is 27.3 Å². The van der Waals surface area contributed by atoms with Gasteiger partial charge in [-0.05, 0) is 49.4 Å². The Bertz CT molecular complexity index is 909. The van der Waals surface area contributed by atoms with E-state index in [1.807, 2.05) is 43.3 Å². The van der Waals surface area contributed by atoms with Gasteiger partial charge in [0.25, 0.3) is 0 Å². The lowest BCUT2D eigenvalue weighted by Gasteiger charge is -2.04. The Hall–Kier alpha value is -2.57. The number of anilines is 2. The summed E-state index contributed by atoms with van der Waals surface area (Å²) in [6.07, 6.45) is -0.0859. The summed E-state index contributed by atoms with van der Waals surface area (Å²) < 4.78 is 5.45.